The monoisotopic (exact) mass is 604 g/mol. The second kappa shape index (κ2) is 12.8. The Morgan fingerprint density at radius 3 is 1.51 bits per heavy atom. The third kappa shape index (κ3) is 8.00. The molecule has 6 fully saturated rings. The molecule has 5 unspecified atom stereocenters. The van der Waals surface area contributed by atoms with Gasteiger partial charge in [0, 0.05) is 19.3 Å². The van der Waals surface area contributed by atoms with E-state index in [1.165, 1.54) is 38.5 Å². The minimum atomic E-state index is -0.584. The lowest BCUT2D eigenvalue weighted by Gasteiger charge is -2.65. The van der Waals surface area contributed by atoms with E-state index in [0.29, 0.717) is 5.92 Å². The maximum Gasteiger partial charge on any atom is 0.312 e. The van der Waals surface area contributed by atoms with Gasteiger partial charge in [0.2, 0.25) is 0 Å². The Bertz CT molecular complexity index is 899. The first-order valence-corrected chi connectivity index (χ1v) is 18.0. The summed E-state index contributed by atoms with van der Waals surface area (Å²) >= 11 is 0. The van der Waals surface area contributed by atoms with Crippen molar-refractivity contribution >= 4 is 5.97 Å². The van der Waals surface area contributed by atoms with Crippen molar-refractivity contribution in [1.82, 2.24) is 0 Å². The fourth-order valence-electron chi connectivity index (χ4n) is 10.2. The van der Waals surface area contributed by atoms with Crippen molar-refractivity contribution in [2.24, 2.45) is 22.7 Å². The van der Waals surface area contributed by atoms with E-state index < -0.39 is 22.2 Å². The fraction of sp³-hybridized carbons (Fsp3) is 0.973. The normalized spacial score (nSPS) is 36.4. The maximum atomic E-state index is 14.3. The summed E-state index contributed by atoms with van der Waals surface area (Å²) in [6, 6.07) is 0. The van der Waals surface area contributed by atoms with Crippen LogP contribution in [0.15, 0.2) is 0 Å². The Morgan fingerprint density at radius 2 is 1.09 bits per heavy atom. The first-order chi connectivity index (χ1) is 20.1. The van der Waals surface area contributed by atoms with E-state index >= 15 is 0 Å². The fourth-order valence-corrected chi connectivity index (χ4v) is 10.2. The molecule has 0 aliphatic heterocycles. The van der Waals surface area contributed by atoms with Crippen LogP contribution in [0.5, 0.6) is 0 Å². The largest absolute Gasteiger partial charge is 0.458 e. The predicted molar refractivity (Wildman–Crippen MR) is 170 cm³/mol. The average Bonchev–Trinajstić information content (AvgIpc) is 2.86. The van der Waals surface area contributed by atoms with E-state index in [1.54, 1.807) is 0 Å². The van der Waals surface area contributed by atoms with Gasteiger partial charge < -0.3 is 23.7 Å². The Kier molecular flexibility index (Phi) is 10.1. The van der Waals surface area contributed by atoms with E-state index in [9.17, 15) is 4.79 Å². The number of rotatable bonds is 12. The maximum absolute atomic E-state index is 14.3. The van der Waals surface area contributed by atoms with Gasteiger partial charge in [-0.3, -0.25) is 4.79 Å². The van der Waals surface area contributed by atoms with Crippen molar-refractivity contribution < 1.29 is 28.5 Å². The Labute approximate surface area is 263 Å². The highest BCUT2D eigenvalue weighted by Gasteiger charge is 2.67. The minimum absolute atomic E-state index is 0.0198. The second-order valence-electron chi connectivity index (χ2n) is 17.4. The SMILES string of the molecule is CC(OC1CCCCC1)OC12CC3CC(OC(=O)C(C)(CC(C)(C)C)C(C)C)(C1)CC(OC(C)OC1CCCCC1)(C3)C2. The number of carbonyl (C=O) groups excluding carboxylic acids is 1. The van der Waals surface area contributed by atoms with Crippen LogP contribution >= 0.6 is 0 Å². The molecule has 0 amide bonds. The first kappa shape index (κ1) is 33.7. The van der Waals surface area contributed by atoms with Gasteiger partial charge in [0.15, 0.2) is 12.6 Å². The zero-order valence-corrected chi connectivity index (χ0v) is 28.9. The zero-order valence-electron chi connectivity index (χ0n) is 28.9. The molecule has 43 heavy (non-hydrogen) atoms. The van der Waals surface area contributed by atoms with Crippen molar-refractivity contribution in [2.45, 2.75) is 206 Å². The molecule has 0 aromatic rings. The van der Waals surface area contributed by atoms with Crippen LogP contribution < -0.4 is 0 Å². The Morgan fingerprint density at radius 1 is 0.674 bits per heavy atom. The second-order valence-corrected chi connectivity index (χ2v) is 17.4. The molecule has 6 aliphatic carbocycles. The highest BCUT2D eigenvalue weighted by atomic mass is 16.7. The molecule has 6 heteroatoms. The van der Waals surface area contributed by atoms with Crippen molar-refractivity contribution in [3.8, 4) is 0 Å². The summed E-state index contributed by atoms with van der Waals surface area (Å²) in [5.74, 6) is 0.514. The van der Waals surface area contributed by atoms with Crippen LogP contribution in [0.2, 0.25) is 0 Å². The molecule has 0 saturated heterocycles. The molecule has 248 valence electrons. The summed E-state index contributed by atoms with van der Waals surface area (Å²) in [6.07, 6.45) is 18.0. The van der Waals surface area contributed by atoms with Crippen LogP contribution in [-0.2, 0) is 28.5 Å². The van der Waals surface area contributed by atoms with Crippen molar-refractivity contribution in [3.05, 3.63) is 0 Å². The molecule has 0 aromatic carbocycles. The van der Waals surface area contributed by atoms with Crippen molar-refractivity contribution in [2.75, 3.05) is 0 Å². The molecule has 0 spiro atoms. The van der Waals surface area contributed by atoms with Gasteiger partial charge in [-0.15, -0.1) is 0 Å². The first-order valence-electron chi connectivity index (χ1n) is 18.0. The molecule has 0 aromatic heterocycles. The number of carbonyl (C=O) groups is 1. The summed E-state index contributed by atoms with van der Waals surface area (Å²) < 4.78 is 33.9. The van der Waals surface area contributed by atoms with Crippen LogP contribution in [-0.4, -0.2) is 47.6 Å². The van der Waals surface area contributed by atoms with E-state index in [0.717, 1.165) is 70.6 Å². The minimum Gasteiger partial charge on any atom is -0.458 e. The van der Waals surface area contributed by atoms with Gasteiger partial charge in [-0.2, -0.15) is 0 Å². The quantitative estimate of drug-likeness (QED) is 0.163. The third-order valence-electron chi connectivity index (χ3n) is 11.6. The predicted octanol–water partition coefficient (Wildman–Crippen LogP) is 9.27. The summed E-state index contributed by atoms with van der Waals surface area (Å²) in [5.41, 5.74) is -1.96. The molecule has 4 bridgehead atoms. The topological polar surface area (TPSA) is 63.2 Å². The molecular weight excluding hydrogens is 540 g/mol. The lowest BCUT2D eigenvalue weighted by Crippen LogP contribution is -2.69. The molecule has 0 N–H and O–H groups in total. The van der Waals surface area contributed by atoms with Gasteiger partial charge in [-0.1, -0.05) is 73.1 Å². The van der Waals surface area contributed by atoms with Crippen LogP contribution in [0.4, 0.5) is 0 Å². The average molecular weight is 605 g/mol. The lowest BCUT2D eigenvalue weighted by molar-refractivity contribution is -0.341. The summed E-state index contributed by atoms with van der Waals surface area (Å²) in [5, 5.41) is 0. The van der Waals surface area contributed by atoms with Gasteiger partial charge in [0.25, 0.3) is 0 Å². The molecular formula is C37H64O6. The van der Waals surface area contributed by atoms with Crippen LogP contribution in [0.1, 0.15) is 165 Å². The number of hydrogen-bond donors (Lipinski definition) is 0. The van der Waals surface area contributed by atoms with Crippen molar-refractivity contribution in [3.63, 3.8) is 0 Å². The lowest BCUT2D eigenvalue weighted by atomic mass is 9.50. The number of hydrogen-bond acceptors (Lipinski definition) is 6. The Hall–Kier alpha value is -0.690. The van der Waals surface area contributed by atoms with E-state index in [4.69, 9.17) is 23.7 Å². The van der Waals surface area contributed by atoms with Gasteiger partial charge in [-0.25, -0.2) is 0 Å². The van der Waals surface area contributed by atoms with Crippen LogP contribution in [0, 0.1) is 22.7 Å². The zero-order chi connectivity index (χ0) is 31.1. The molecule has 6 aliphatic rings. The molecule has 0 heterocycles. The molecule has 5 atom stereocenters. The van der Waals surface area contributed by atoms with Crippen LogP contribution in [0.3, 0.4) is 0 Å². The van der Waals surface area contributed by atoms with Gasteiger partial charge >= 0.3 is 5.97 Å². The summed E-state index contributed by atoms with van der Waals surface area (Å²) in [4.78, 5) is 14.3. The van der Waals surface area contributed by atoms with Gasteiger partial charge in [0.05, 0.1) is 28.8 Å². The molecule has 6 rings (SSSR count). The smallest absolute Gasteiger partial charge is 0.312 e. The van der Waals surface area contributed by atoms with Gasteiger partial charge in [0.1, 0.15) is 5.60 Å². The number of ether oxygens (including phenoxy) is 5. The van der Waals surface area contributed by atoms with Crippen molar-refractivity contribution in [1.29, 1.82) is 0 Å². The molecule has 6 nitrogen and oxygen atoms in total. The van der Waals surface area contributed by atoms with E-state index in [1.807, 2.05) is 0 Å². The number of esters is 1. The highest BCUT2D eigenvalue weighted by molar-refractivity contribution is 5.77. The van der Waals surface area contributed by atoms with Gasteiger partial charge in [-0.05, 0) is 89.4 Å². The van der Waals surface area contributed by atoms with E-state index in [-0.39, 0.29) is 42.1 Å². The summed E-state index contributed by atoms with van der Waals surface area (Å²) in [6.45, 7) is 17.3. The molecule has 0 radical (unpaired) electrons. The standard InChI is InChI=1S/C37H64O6/c1-26(2)34(8,22-33(5,6)7)32(38)43-37-21-29-19-35(24-37,41-27(3)39-30-15-11-9-12-16-30)23-36(20-29,25-37)42-28(4)40-31-17-13-10-14-18-31/h26-31H,9-25H2,1-8H3. The van der Waals surface area contributed by atoms with Crippen LogP contribution in [0.25, 0.3) is 0 Å². The van der Waals surface area contributed by atoms with E-state index in [2.05, 4.69) is 55.4 Å². The highest BCUT2D eigenvalue weighted by Crippen LogP contribution is 2.64. The molecule has 6 saturated carbocycles. The third-order valence-corrected chi connectivity index (χ3v) is 11.6. The Balaban J connectivity index is 1.38. The summed E-state index contributed by atoms with van der Waals surface area (Å²) in [7, 11) is 0.